The van der Waals surface area contributed by atoms with E-state index >= 15 is 0 Å². The molecular formula is C22H19N5OS2. The summed E-state index contributed by atoms with van der Waals surface area (Å²) in [7, 11) is 0. The standard InChI is InChI=1S/C22H19N5OS2/c1-14-6-2-3-7-15(14)13-29-22-26-25-20(27(22)12-16-8-5-11-28-16)19-18(23)17-9-4-10-24-21(17)30-19/h2-11H,12-13,23H2,1H3. The molecule has 0 radical (unpaired) electrons. The Bertz CT molecular complexity index is 1310. The second-order valence-corrected chi connectivity index (χ2v) is 8.83. The van der Waals surface area contributed by atoms with Gasteiger partial charge < -0.3 is 10.2 Å². The van der Waals surface area contributed by atoms with Crippen LogP contribution in [0.3, 0.4) is 0 Å². The molecule has 8 heteroatoms. The maximum Gasteiger partial charge on any atom is 0.192 e. The number of rotatable bonds is 6. The summed E-state index contributed by atoms with van der Waals surface area (Å²) in [5.74, 6) is 2.39. The van der Waals surface area contributed by atoms with Gasteiger partial charge in [0.1, 0.15) is 10.6 Å². The van der Waals surface area contributed by atoms with Gasteiger partial charge in [-0.2, -0.15) is 0 Å². The van der Waals surface area contributed by atoms with E-state index in [9.17, 15) is 0 Å². The summed E-state index contributed by atoms with van der Waals surface area (Å²) in [6.07, 6.45) is 3.45. The Morgan fingerprint density at radius 2 is 2.00 bits per heavy atom. The smallest absolute Gasteiger partial charge is 0.192 e. The summed E-state index contributed by atoms with van der Waals surface area (Å²) in [6.45, 7) is 2.66. The monoisotopic (exact) mass is 433 g/mol. The number of aryl methyl sites for hydroxylation is 1. The second-order valence-electron chi connectivity index (χ2n) is 6.89. The molecule has 0 bridgehead atoms. The van der Waals surface area contributed by atoms with Gasteiger partial charge in [-0.1, -0.05) is 36.0 Å². The maximum absolute atomic E-state index is 6.47. The van der Waals surface area contributed by atoms with E-state index < -0.39 is 0 Å². The van der Waals surface area contributed by atoms with Gasteiger partial charge in [-0.25, -0.2) is 4.98 Å². The van der Waals surface area contributed by atoms with E-state index in [1.54, 1.807) is 24.2 Å². The molecule has 0 unspecified atom stereocenters. The van der Waals surface area contributed by atoms with Crippen LogP contribution < -0.4 is 5.73 Å². The number of anilines is 1. The molecule has 0 atom stereocenters. The third-order valence-electron chi connectivity index (χ3n) is 4.94. The number of nitrogens with zero attached hydrogens (tertiary/aromatic N) is 4. The molecule has 4 aromatic heterocycles. The fourth-order valence-electron chi connectivity index (χ4n) is 3.30. The summed E-state index contributed by atoms with van der Waals surface area (Å²) < 4.78 is 7.67. The Morgan fingerprint density at radius 1 is 1.10 bits per heavy atom. The lowest BCUT2D eigenvalue weighted by Gasteiger charge is -2.09. The molecule has 2 N–H and O–H groups in total. The SMILES string of the molecule is Cc1ccccc1CSc1nnc(-c2sc3ncccc3c2N)n1Cc1ccco1. The highest BCUT2D eigenvalue weighted by Gasteiger charge is 2.21. The fraction of sp³-hybridized carbons (Fsp3) is 0.136. The Balaban J connectivity index is 1.55. The Labute approximate surface area is 181 Å². The number of benzene rings is 1. The topological polar surface area (TPSA) is 82.8 Å². The van der Waals surface area contributed by atoms with Crippen molar-refractivity contribution >= 4 is 39.0 Å². The van der Waals surface area contributed by atoms with Gasteiger partial charge in [0.25, 0.3) is 0 Å². The number of hydrogen-bond donors (Lipinski definition) is 1. The average Bonchev–Trinajstić information content (AvgIpc) is 3.48. The van der Waals surface area contributed by atoms with Crippen molar-refractivity contribution in [2.45, 2.75) is 24.4 Å². The molecule has 0 aliphatic heterocycles. The van der Waals surface area contributed by atoms with Crippen molar-refractivity contribution < 1.29 is 4.42 Å². The van der Waals surface area contributed by atoms with Gasteiger partial charge in [-0.15, -0.1) is 21.5 Å². The van der Waals surface area contributed by atoms with E-state index in [-0.39, 0.29) is 0 Å². The minimum atomic E-state index is 0.534. The highest BCUT2D eigenvalue weighted by Crippen LogP contribution is 2.40. The molecule has 0 amide bonds. The molecule has 4 heterocycles. The number of thioether (sulfide) groups is 1. The summed E-state index contributed by atoms with van der Waals surface area (Å²) in [4.78, 5) is 6.22. The van der Waals surface area contributed by atoms with E-state index in [0.717, 1.165) is 37.6 Å². The maximum atomic E-state index is 6.47. The lowest BCUT2D eigenvalue weighted by molar-refractivity contribution is 0.485. The lowest BCUT2D eigenvalue weighted by atomic mass is 10.1. The molecule has 5 aromatic rings. The quantitative estimate of drug-likeness (QED) is 0.362. The van der Waals surface area contributed by atoms with Crippen molar-refractivity contribution in [2.75, 3.05) is 5.73 Å². The van der Waals surface area contributed by atoms with Gasteiger partial charge in [-0.05, 0) is 42.3 Å². The summed E-state index contributed by atoms with van der Waals surface area (Å²) in [6, 6.07) is 16.1. The first-order chi connectivity index (χ1) is 14.7. The summed E-state index contributed by atoms with van der Waals surface area (Å²) in [5, 5.41) is 10.8. The molecule has 150 valence electrons. The molecule has 0 aliphatic carbocycles. The first-order valence-electron chi connectivity index (χ1n) is 9.47. The highest BCUT2D eigenvalue weighted by atomic mass is 32.2. The van der Waals surface area contributed by atoms with E-state index in [1.807, 2.05) is 24.3 Å². The van der Waals surface area contributed by atoms with Crippen LogP contribution in [0.2, 0.25) is 0 Å². The number of aromatic nitrogens is 4. The first-order valence-corrected chi connectivity index (χ1v) is 11.3. The van der Waals surface area contributed by atoms with Crippen molar-refractivity contribution in [1.29, 1.82) is 0 Å². The zero-order chi connectivity index (χ0) is 20.5. The number of thiophene rings is 1. The average molecular weight is 434 g/mol. The van der Waals surface area contributed by atoms with Crippen LogP contribution >= 0.6 is 23.1 Å². The molecule has 0 saturated heterocycles. The predicted molar refractivity (Wildman–Crippen MR) is 122 cm³/mol. The first kappa shape index (κ1) is 18.9. The molecule has 0 spiro atoms. The zero-order valence-electron chi connectivity index (χ0n) is 16.3. The van der Waals surface area contributed by atoms with Crippen LogP contribution in [0.15, 0.2) is 70.6 Å². The van der Waals surface area contributed by atoms with Crippen LogP contribution in [0, 0.1) is 6.92 Å². The van der Waals surface area contributed by atoms with Crippen molar-refractivity contribution in [1.82, 2.24) is 19.7 Å². The number of pyridine rings is 1. The van der Waals surface area contributed by atoms with Crippen LogP contribution in [0.4, 0.5) is 5.69 Å². The van der Waals surface area contributed by atoms with Crippen molar-refractivity contribution in [3.63, 3.8) is 0 Å². The second kappa shape index (κ2) is 7.97. The van der Waals surface area contributed by atoms with Crippen LogP contribution in [0.1, 0.15) is 16.9 Å². The van der Waals surface area contributed by atoms with Crippen molar-refractivity contribution in [3.8, 4) is 10.7 Å². The van der Waals surface area contributed by atoms with E-state index in [0.29, 0.717) is 12.2 Å². The minimum absolute atomic E-state index is 0.534. The number of nitrogen functional groups attached to an aromatic ring is 1. The predicted octanol–water partition coefficient (Wildman–Crippen LogP) is 5.38. The molecule has 0 aliphatic rings. The third kappa shape index (κ3) is 3.48. The van der Waals surface area contributed by atoms with Gasteiger partial charge in [0.2, 0.25) is 0 Å². The molecule has 30 heavy (non-hydrogen) atoms. The Hall–Kier alpha value is -3.10. The van der Waals surface area contributed by atoms with Gasteiger partial charge in [-0.3, -0.25) is 4.57 Å². The Kier molecular flexibility index (Phi) is 5.02. The largest absolute Gasteiger partial charge is 0.467 e. The van der Waals surface area contributed by atoms with Crippen LogP contribution in [0.5, 0.6) is 0 Å². The lowest BCUT2D eigenvalue weighted by Crippen LogP contribution is -2.04. The normalized spacial score (nSPS) is 11.4. The summed E-state index contributed by atoms with van der Waals surface area (Å²) in [5.41, 5.74) is 9.70. The number of nitrogens with two attached hydrogens (primary N) is 1. The molecule has 0 saturated carbocycles. The molecule has 1 aromatic carbocycles. The number of hydrogen-bond acceptors (Lipinski definition) is 7. The molecule has 6 nitrogen and oxygen atoms in total. The van der Waals surface area contributed by atoms with E-state index in [4.69, 9.17) is 10.2 Å². The summed E-state index contributed by atoms with van der Waals surface area (Å²) >= 11 is 3.19. The van der Waals surface area contributed by atoms with E-state index in [2.05, 4.69) is 50.9 Å². The van der Waals surface area contributed by atoms with Gasteiger partial charge in [0.15, 0.2) is 11.0 Å². The van der Waals surface area contributed by atoms with Crippen LogP contribution in [0.25, 0.3) is 20.9 Å². The van der Waals surface area contributed by atoms with Crippen LogP contribution in [-0.2, 0) is 12.3 Å². The van der Waals surface area contributed by atoms with Gasteiger partial charge in [0, 0.05) is 17.3 Å². The molecule has 0 fully saturated rings. The highest BCUT2D eigenvalue weighted by molar-refractivity contribution is 7.98. The molecular weight excluding hydrogens is 414 g/mol. The Morgan fingerprint density at radius 3 is 2.80 bits per heavy atom. The number of furan rings is 1. The minimum Gasteiger partial charge on any atom is -0.467 e. The van der Waals surface area contributed by atoms with Crippen molar-refractivity contribution in [3.05, 3.63) is 77.9 Å². The third-order valence-corrected chi connectivity index (χ3v) is 7.08. The van der Waals surface area contributed by atoms with Gasteiger partial charge >= 0.3 is 0 Å². The van der Waals surface area contributed by atoms with E-state index in [1.165, 1.54) is 22.5 Å². The van der Waals surface area contributed by atoms with Crippen LogP contribution in [-0.4, -0.2) is 19.7 Å². The van der Waals surface area contributed by atoms with Crippen molar-refractivity contribution in [2.24, 2.45) is 0 Å². The zero-order valence-corrected chi connectivity index (χ0v) is 17.9. The molecule has 5 rings (SSSR count). The fourth-order valence-corrected chi connectivity index (χ4v) is 5.37. The van der Waals surface area contributed by atoms with Gasteiger partial charge in [0.05, 0.1) is 23.4 Å². The number of fused-ring (bicyclic) bond motifs is 1.